The molecule has 1 fully saturated rings. The van der Waals surface area contributed by atoms with Crippen molar-refractivity contribution in [1.82, 2.24) is 4.90 Å². The summed E-state index contributed by atoms with van der Waals surface area (Å²) in [4.78, 5) is 2.38. The quantitative estimate of drug-likeness (QED) is 0.873. The minimum absolute atomic E-state index is 0.364. The summed E-state index contributed by atoms with van der Waals surface area (Å²) in [6.45, 7) is 12.2. The first-order valence-electron chi connectivity index (χ1n) is 8.57. The van der Waals surface area contributed by atoms with Crippen LogP contribution in [0.1, 0.15) is 45.6 Å². The maximum absolute atomic E-state index is 10.3. The minimum Gasteiger partial charge on any atom is -0.491 e. The lowest BCUT2D eigenvalue weighted by Crippen LogP contribution is -2.44. The number of hydrogen-bond donors (Lipinski definition) is 1. The van der Waals surface area contributed by atoms with Crippen LogP contribution in [0.5, 0.6) is 5.75 Å². The van der Waals surface area contributed by atoms with Crippen molar-refractivity contribution in [3.8, 4) is 5.75 Å². The van der Waals surface area contributed by atoms with Crippen molar-refractivity contribution in [2.45, 2.75) is 46.1 Å². The van der Waals surface area contributed by atoms with E-state index < -0.39 is 6.10 Å². The highest BCUT2D eigenvalue weighted by molar-refractivity contribution is 5.35. The zero-order valence-electron chi connectivity index (χ0n) is 14.5. The van der Waals surface area contributed by atoms with Gasteiger partial charge in [-0.1, -0.05) is 45.9 Å². The number of nitrogens with zero attached hydrogens (tertiary/aromatic N) is 1. The summed E-state index contributed by atoms with van der Waals surface area (Å²) < 4.78 is 5.88. The van der Waals surface area contributed by atoms with Crippen molar-refractivity contribution in [1.29, 1.82) is 0 Å². The smallest absolute Gasteiger partial charge is 0.122 e. The van der Waals surface area contributed by atoms with Gasteiger partial charge in [-0.25, -0.2) is 0 Å². The topological polar surface area (TPSA) is 32.7 Å². The van der Waals surface area contributed by atoms with E-state index in [1.165, 1.54) is 12.0 Å². The van der Waals surface area contributed by atoms with Gasteiger partial charge in [0.2, 0.25) is 0 Å². The number of β-amino-alcohol motifs (C(OH)–C–C–N with tert-alkyl or cyclic N) is 1. The Kier molecular flexibility index (Phi) is 6.27. The summed E-state index contributed by atoms with van der Waals surface area (Å²) in [6, 6.07) is 8.12. The molecule has 1 aromatic rings. The molecule has 0 bridgehead atoms. The summed E-state index contributed by atoms with van der Waals surface area (Å²) in [6.07, 6.45) is 0.864. The fourth-order valence-corrected chi connectivity index (χ4v) is 3.57. The molecule has 3 heteroatoms. The predicted octanol–water partition coefficient (Wildman–Crippen LogP) is 3.53. The fourth-order valence-electron chi connectivity index (χ4n) is 3.57. The van der Waals surface area contributed by atoms with Gasteiger partial charge in [-0.3, -0.25) is 0 Å². The van der Waals surface area contributed by atoms with Gasteiger partial charge in [-0.15, -0.1) is 0 Å². The second-order valence-electron chi connectivity index (χ2n) is 7.32. The van der Waals surface area contributed by atoms with Gasteiger partial charge < -0.3 is 14.7 Å². The molecule has 124 valence electrons. The van der Waals surface area contributed by atoms with Crippen LogP contribution in [0.2, 0.25) is 0 Å². The van der Waals surface area contributed by atoms with Crippen LogP contribution >= 0.6 is 0 Å². The van der Waals surface area contributed by atoms with Crippen molar-refractivity contribution in [2.24, 2.45) is 11.8 Å². The van der Waals surface area contributed by atoms with Gasteiger partial charge in [0, 0.05) is 19.6 Å². The van der Waals surface area contributed by atoms with Gasteiger partial charge in [0.25, 0.3) is 0 Å². The van der Waals surface area contributed by atoms with E-state index in [-0.39, 0.29) is 0 Å². The average molecular weight is 305 g/mol. The summed E-state index contributed by atoms with van der Waals surface area (Å²) in [5.41, 5.74) is 1.20. The first-order valence-corrected chi connectivity index (χ1v) is 8.57. The first-order chi connectivity index (χ1) is 10.5. The number of benzene rings is 1. The molecule has 0 spiro atoms. The van der Waals surface area contributed by atoms with Crippen molar-refractivity contribution >= 4 is 0 Å². The van der Waals surface area contributed by atoms with Crippen LogP contribution in [0.4, 0.5) is 0 Å². The van der Waals surface area contributed by atoms with Gasteiger partial charge in [0.1, 0.15) is 18.5 Å². The zero-order chi connectivity index (χ0) is 16.1. The molecule has 0 radical (unpaired) electrons. The number of likely N-dealkylation sites (tertiary alicyclic amines) is 1. The van der Waals surface area contributed by atoms with Crippen LogP contribution in [-0.4, -0.2) is 42.4 Å². The second-order valence-corrected chi connectivity index (χ2v) is 7.32. The minimum atomic E-state index is -0.433. The number of aliphatic hydroxyl groups is 1. The third-order valence-corrected chi connectivity index (χ3v) is 4.39. The molecule has 1 aromatic carbocycles. The monoisotopic (exact) mass is 305 g/mol. The van der Waals surface area contributed by atoms with E-state index in [0.29, 0.717) is 19.1 Å². The lowest BCUT2D eigenvalue weighted by Gasteiger charge is -2.36. The SMILES string of the molecule is CC(C)c1ccccc1OC[C@@H](O)CN1C[C@H](C)C[C@@H](C)C1. The highest BCUT2D eigenvalue weighted by Crippen LogP contribution is 2.26. The standard InChI is InChI=1S/C19H31NO2/c1-14(2)18-7-5-6-8-19(18)22-13-17(21)12-20-10-15(3)9-16(4)11-20/h5-8,14-17,21H,9-13H2,1-4H3/t15-,16-,17+/m1/s1. The third-order valence-electron chi connectivity index (χ3n) is 4.39. The summed E-state index contributed by atoms with van der Waals surface area (Å²) >= 11 is 0. The highest BCUT2D eigenvalue weighted by atomic mass is 16.5. The van der Waals surface area contributed by atoms with Crippen LogP contribution in [0.25, 0.3) is 0 Å². The van der Waals surface area contributed by atoms with E-state index in [9.17, 15) is 5.11 Å². The summed E-state index contributed by atoms with van der Waals surface area (Å²) in [5, 5.41) is 10.3. The zero-order valence-corrected chi connectivity index (χ0v) is 14.5. The fraction of sp³-hybridized carbons (Fsp3) is 0.684. The molecule has 22 heavy (non-hydrogen) atoms. The number of hydrogen-bond acceptors (Lipinski definition) is 3. The molecule has 3 atom stereocenters. The Labute approximate surface area is 135 Å². The van der Waals surface area contributed by atoms with Crippen LogP contribution in [0.15, 0.2) is 24.3 Å². The van der Waals surface area contributed by atoms with Crippen molar-refractivity contribution in [3.63, 3.8) is 0 Å². The molecule has 0 unspecified atom stereocenters. The molecule has 0 aliphatic carbocycles. The van der Waals surface area contributed by atoms with Gasteiger partial charge >= 0.3 is 0 Å². The maximum atomic E-state index is 10.3. The molecule has 1 N–H and O–H groups in total. The highest BCUT2D eigenvalue weighted by Gasteiger charge is 2.23. The molecule has 0 saturated carbocycles. The van der Waals surface area contributed by atoms with E-state index in [1.807, 2.05) is 18.2 Å². The molecule has 2 rings (SSSR count). The number of ether oxygens (including phenoxy) is 1. The molecular weight excluding hydrogens is 274 g/mol. The van der Waals surface area contributed by atoms with Gasteiger partial charge in [-0.2, -0.15) is 0 Å². The Morgan fingerprint density at radius 1 is 1.18 bits per heavy atom. The van der Waals surface area contributed by atoms with E-state index in [4.69, 9.17) is 4.74 Å². The molecule has 1 saturated heterocycles. The lowest BCUT2D eigenvalue weighted by molar-refractivity contribution is 0.0426. The Hall–Kier alpha value is -1.06. The van der Waals surface area contributed by atoms with Crippen LogP contribution < -0.4 is 4.74 Å². The first kappa shape index (κ1) is 17.3. The summed E-state index contributed by atoms with van der Waals surface area (Å²) in [7, 11) is 0. The molecule has 1 aliphatic rings. The van der Waals surface area contributed by atoms with Crippen LogP contribution in [-0.2, 0) is 0 Å². The van der Waals surface area contributed by atoms with Crippen molar-refractivity contribution in [3.05, 3.63) is 29.8 Å². The van der Waals surface area contributed by atoms with Crippen LogP contribution in [0.3, 0.4) is 0 Å². The van der Waals surface area contributed by atoms with Gasteiger partial charge in [-0.05, 0) is 35.8 Å². The van der Waals surface area contributed by atoms with Crippen molar-refractivity contribution in [2.75, 3.05) is 26.2 Å². The predicted molar refractivity (Wildman–Crippen MR) is 91.4 cm³/mol. The Bertz CT molecular complexity index is 451. The van der Waals surface area contributed by atoms with Crippen LogP contribution in [0, 0.1) is 11.8 Å². The van der Waals surface area contributed by atoms with E-state index in [2.05, 4.69) is 38.7 Å². The number of piperidine rings is 1. The van der Waals surface area contributed by atoms with Crippen molar-refractivity contribution < 1.29 is 9.84 Å². The Morgan fingerprint density at radius 2 is 1.82 bits per heavy atom. The Balaban J connectivity index is 1.84. The third kappa shape index (κ3) is 4.99. The molecule has 3 nitrogen and oxygen atoms in total. The van der Waals surface area contributed by atoms with Gasteiger partial charge in [0.15, 0.2) is 0 Å². The molecule has 1 aliphatic heterocycles. The maximum Gasteiger partial charge on any atom is 0.122 e. The molecule has 0 amide bonds. The van der Waals surface area contributed by atoms with E-state index in [1.54, 1.807) is 0 Å². The number of aliphatic hydroxyl groups excluding tert-OH is 1. The van der Waals surface area contributed by atoms with Gasteiger partial charge in [0.05, 0.1) is 0 Å². The average Bonchev–Trinajstić information content (AvgIpc) is 2.44. The number of rotatable bonds is 6. The largest absolute Gasteiger partial charge is 0.491 e. The van der Waals surface area contributed by atoms with E-state index in [0.717, 1.165) is 30.7 Å². The van der Waals surface area contributed by atoms with E-state index >= 15 is 0 Å². The molecular formula is C19H31NO2. The number of para-hydroxylation sites is 1. The molecule has 1 heterocycles. The normalized spacial score (nSPS) is 24.5. The lowest BCUT2D eigenvalue weighted by atomic mass is 9.92. The molecule has 0 aromatic heterocycles. The second kappa shape index (κ2) is 7.98. The Morgan fingerprint density at radius 3 is 2.45 bits per heavy atom. The summed E-state index contributed by atoms with van der Waals surface area (Å²) in [5.74, 6) is 2.77.